The first-order valence-electron chi connectivity index (χ1n) is 7.88. The van der Waals surface area contributed by atoms with Crippen LogP contribution >= 0.6 is 23.2 Å². The number of carbonyl (C=O) groups excluding carboxylic acids is 3. The van der Waals surface area contributed by atoms with Gasteiger partial charge >= 0.3 is 0 Å². The molecule has 25 heavy (non-hydrogen) atoms. The van der Waals surface area contributed by atoms with Crippen molar-refractivity contribution >= 4 is 46.4 Å². The number of ketones is 2. The Morgan fingerprint density at radius 2 is 1.76 bits per heavy atom. The van der Waals surface area contributed by atoms with Gasteiger partial charge in [0.05, 0.1) is 34.4 Å². The number of piperidine rings is 1. The smallest absolute Gasteiger partial charge is 0.257 e. The van der Waals surface area contributed by atoms with E-state index in [1.807, 2.05) is 0 Å². The number of amides is 1. The molecule has 1 aromatic carbocycles. The molecule has 6 nitrogen and oxygen atoms in total. The fraction of sp³-hybridized carbons (Fsp3) is 0.412. The summed E-state index contributed by atoms with van der Waals surface area (Å²) in [6.07, 6.45) is 0.409. The summed E-state index contributed by atoms with van der Waals surface area (Å²) in [5.41, 5.74) is 0.461. The van der Waals surface area contributed by atoms with Crippen molar-refractivity contribution in [2.24, 2.45) is 11.1 Å². The topological polar surface area (TPSA) is 76.0 Å². The van der Waals surface area contributed by atoms with Gasteiger partial charge in [0.15, 0.2) is 11.6 Å². The van der Waals surface area contributed by atoms with Gasteiger partial charge in [0.2, 0.25) is 0 Å². The second kappa shape index (κ2) is 8.45. The van der Waals surface area contributed by atoms with E-state index in [-0.39, 0.29) is 28.7 Å². The van der Waals surface area contributed by atoms with E-state index in [2.05, 4.69) is 5.16 Å². The maximum absolute atomic E-state index is 12.6. The van der Waals surface area contributed by atoms with Gasteiger partial charge in [-0.1, -0.05) is 41.3 Å². The standard InChI is InChI=1S/C17H18Cl2N2O4/c1-3-12(20-25-4-2)16-13(22)8-21(9-14(16)23)17(24)15-10(18)6-5-7-11(15)19/h5-7,16H,3-4,8-9H2,1-2H3. The number of rotatable bonds is 5. The van der Waals surface area contributed by atoms with Crippen LogP contribution in [0, 0.1) is 5.92 Å². The number of hydrogen-bond donors (Lipinski definition) is 0. The number of Topliss-reactive ketones (excluding diaryl/α,β-unsaturated/α-hetero) is 2. The van der Waals surface area contributed by atoms with E-state index in [1.54, 1.807) is 19.9 Å². The fourth-order valence-corrected chi connectivity index (χ4v) is 3.20. The lowest BCUT2D eigenvalue weighted by atomic mass is 9.88. The van der Waals surface area contributed by atoms with E-state index in [4.69, 9.17) is 28.0 Å². The van der Waals surface area contributed by atoms with Crippen LogP contribution in [0.2, 0.25) is 10.0 Å². The number of benzene rings is 1. The Morgan fingerprint density at radius 1 is 1.20 bits per heavy atom. The van der Waals surface area contributed by atoms with Crippen molar-refractivity contribution in [2.45, 2.75) is 20.3 Å². The molecule has 1 aromatic rings. The summed E-state index contributed by atoms with van der Waals surface area (Å²) in [5.74, 6) is -2.31. The summed E-state index contributed by atoms with van der Waals surface area (Å²) in [7, 11) is 0. The van der Waals surface area contributed by atoms with Gasteiger partial charge < -0.3 is 9.74 Å². The van der Waals surface area contributed by atoms with Crippen LogP contribution in [0.15, 0.2) is 23.4 Å². The zero-order valence-corrected chi connectivity index (χ0v) is 15.4. The van der Waals surface area contributed by atoms with Crippen molar-refractivity contribution in [3.05, 3.63) is 33.8 Å². The molecule has 0 aliphatic carbocycles. The summed E-state index contributed by atoms with van der Waals surface area (Å²) in [6, 6.07) is 4.67. The minimum Gasteiger partial charge on any atom is -0.396 e. The number of oxime groups is 1. The van der Waals surface area contributed by atoms with Crippen LogP contribution in [-0.2, 0) is 14.4 Å². The summed E-state index contributed by atoms with van der Waals surface area (Å²) in [4.78, 5) is 43.7. The van der Waals surface area contributed by atoms with Crippen LogP contribution in [-0.4, -0.2) is 47.8 Å². The average Bonchev–Trinajstić information content (AvgIpc) is 2.56. The SMILES string of the molecule is CCON=C(CC)C1C(=O)CN(C(=O)c2c(Cl)cccc2Cl)CC1=O. The molecular formula is C17H18Cl2N2O4. The molecule has 8 heteroatoms. The van der Waals surface area contributed by atoms with Gasteiger partial charge in [-0.3, -0.25) is 14.4 Å². The van der Waals surface area contributed by atoms with Crippen molar-refractivity contribution in [1.82, 2.24) is 4.90 Å². The van der Waals surface area contributed by atoms with Crippen molar-refractivity contribution in [1.29, 1.82) is 0 Å². The lowest BCUT2D eigenvalue weighted by Gasteiger charge is -2.30. The Bertz CT molecular complexity index is 695. The zero-order valence-electron chi connectivity index (χ0n) is 13.9. The highest BCUT2D eigenvalue weighted by molar-refractivity contribution is 6.40. The second-order valence-corrected chi connectivity index (χ2v) is 6.29. The number of hydrogen-bond acceptors (Lipinski definition) is 5. The van der Waals surface area contributed by atoms with E-state index in [0.29, 0.717) is 18.7 Å². The molecule has 0 unspecified atom stereocenters. The second-order valence-electron chi connectivity index (χ2n) is 5.48. The van der Waals surface area contributed by atoms with Gasteiger partial charge in [-0.05, 0) is 25.5 Å². The predicted octanol–water partition coefficient (Wildman–Crippen LogP) is 3.01. The Hall–Kier alpha value is -1.92. The van der Waals surface area contributed by atoms with Crippen LogP contribution in [0.5, 0.6) is 0 Å². The summed E-state index contributed by atoms with van der Waals surface area (Å²) < 4.78 is 0. The quantitative estimate of drug-likeness (QED) is 0.444. The summed E-state index contributed by atoms with van der Waals surface area (Å²) in [5, 5.41) is 4.22. The van der Waals surface area contributed by atoms with Gasteiger partial charge in [0.1, 0.15) is 12.5 Å². The van der Waals surface area contributed by atoms with Gasteiger partial charge in [0.25, 0.3) is 5.91 Å². The molecule has 0 bridgehead atoms. The van der Waals surface area contributed by atoms with Crippen LogP contribution in [0.4, 0.5) is 0 Å². The Labute approximate surface area is 155 Å². The Balaban J connectivity index is 2.23. The highest BCUT2D eigenvalue weighted by atomic mass is 35.5. The Morgan fingerprint density at radius 3 is 2.24 bits per heavy atom. The first-order chi connectivity index (χ1) is 11.9. The van der Waals surface area contributed by atoms with Crippen LogP contribution in [0.25, 0.3) is 0 Å². The minimum atomic E-state index is -0.970. The highest BCUT2D eigenvalue weighted by Crippen LogP contribution is 2.27. The summed E-state index contributed by atoms with van der Waals surface area (Å²) >= 11 is 12.1. The first-order valence-corrected chi connectivity index (χ1v) is 8.63. The maximum Gasteiger partial charge on any atom is 0.257 e. The molecule has 0 spiro atoms. The lowest BCUT2D eigenvalue weighted by Crippen LogP contribution is -2.52. The monoisotopic (exact) mass is 384 g/mol. The molecule has 1 amide bonds. The minimum absolute atomic E-state index is 0.0866. The van der Waals surface area contributed by atoms with Crippen LogP contribution in [0.1, 0.15) is 30.6 Å². The molecule has 2 rings (SSSR count). The number of halogens is 2. The number of likely N-dealkylation sites (tertiary alicyclic amines) is 1. The van der Waals surface area contributed by atoms with Gasteiger partial charge in [-0.15, -0.1) is 0 Å². The van der Waals surface area contributed by atoms with Gasteiger partial charge in [-0.2, -0.15) is 0 Å². The molecule has 1 aliphatic rings. The first kappa shape index (κ1) is 19.4. The van der Waals surface area contributed by atoms with E-state index < -0.39 is 23.4 Å². The normalized spacial score (nSPS) is 16.3. The molecule has 0 saturated carbocycles. The number of nitrogens with zero attached hydrogens (tertiary/aromatic N) is 2. The molecule has 1 fully saturated rings. The lowest BCUT2D eigenvalue weighted by molar-refractivity contribution is -0.134. The van der Waals surface area contributed by atoms with Crippen molar-refractivity contribution < 1.29 is 19.2 Å². The van der Waals surface area contributed by atoms with Gasteiger partial charge in [-0.25, -0.2) is 0 Å². The fourth-order valence-electron chi connectivity index (χ4n) is 2.64. The number of carbonyl (C=O) groups is 3. The summed E-state index contributed by atoms with van der Waals surface area (Å²) in [6.45, 7) is 3.48. The van der Waals surface area contributed by atoms with Crippen molar-refractivity contribution in [2.75, 3.05) is 19.7 Å². The molecule has 0 N–H and O–H groups in total. The third-order valence-corrected chi connectivity index (χ3v) is 4.44. The van der Waals surface area contributed by atoms with Crippen LogP contribution < -0.4 is 0 Å². The highest BCUT2D eigenvalue weighted by Gasteiger charge is 2.40. The van der Waals surface area contributed by atoms with Crippen molar-refractivity contribution in [3.8, 4) is 0 Å². The largest absolute Gasteiger partial charge is 0.396 e. The third-order valence-electron chi connectivity index (χ3n) is 3.81. The molecule has 134 valence electrons. The maximum atomic E-state index is 12.6. The predicted molar refractivity (Wildman–Crippen MR) is 95.2 cm³/mol. The van der Waals surface area contributed by atoms with Gasteiger partial charge in [0, 0.05) is 0 Å². The van der Waals surface area contributed by atoms with E-state index in [9.17, 15) is 14.4 Å². The van der Waals surface area contributed by atoms with E-state index in [0.717, 1.165) is 4.90 Å². The molecule has 0 radical (unpaired) electrons. The zero-order chi connectivity index (χ0) is 18.6. The molecule has 1 aliphatic heterocycles. The van der Waals surface area contributed by atoms with E-state index >= 15 is 0 Å². The van der Waals surface area contributed by atoms with E-state index in [1.165, 1.54) is 12.1 Å². The Kier molecular flexibility index (Phi) is 6.56. The molecule has 1 saturated heterocycles. The third kappa shape index (κ3) is 4.19. The molecule has 0 aromatic heterocycles. The molecule has 0 atom stereocenters. The van der Waals surface area contributed by atoms with Crippen LogP contribution in [0.3, 0.4) is 0 Å². The van der Waals surface area contributed by atoms with Crippen molar-refractivity contribution in [3.63, 3.8) is 0 Å². The molecular weight excluding hydrogens is 367 g/mol. The average molecular weight is 385 g/mol. The molecule has 1 heterocycles.